The minimum atomic E-state index is -0.265. The van der Waals surface area contributed by atoms with Gasteiger partial charge in [0.15, 0.2) is 23.0 Å². The van der Waals surface area contributed by atoms with Crippen LogP contribution in [-0.4, -0.2) is 38.2 Å². The van der Waals surface area contributed by atoms with Gasteiger partial charge in [-0.1, -0.05) is 24.3 Å². The van der Waals surface area contributed by atoms with Crippen LogP contribution in [0.25, 0.3) is 12.2 Å². The van der Waals surface area contributed by atoms with Crippen molar-refractivity contribution in [2.75, 3.05) is 31.7 Å². The molecule has 0 atom stereocenters. The summed E-state index contributed by atoms with van der Waals surface area (Å²) in [6.07, 6.45) is 6.37. The monoisotopic (exact) mass is 498 g/mol. The lowest BCUT2D eigenvalue weighted by Crippen LogP contribution is -2.20. The highest BCUT2D eigenvalue weighted by molar-refractivity contribution is 6.02. The standard InChI is InChI=1S/C29H26N2O6/c32-28(10-6-20-4-8-24-26(17-20)36-14-12-34-24)30-19-22-2-1-3-23(16-22)31-29(33)11-7-21-5-9-25-27(18-21)37-15-13-35-25/h1-11,16-18H,12-15,19H2,(H,30,32)(H,31,33)/b10-6+,11-7+. The molecule has 2 N–H and O–H groups in total. The second kappa shape index (κ2) is 11.3. The maximum absolute atomic E-state index is 12.4. The van der Waals surface area contributed by atoms with E-state index in [2.05, 4.69) is 10.6 Å². The largest absolute Gasteiger partial charge is 0.486 e. The molecule has 0 radical (unpaired) electrons. The van der Waals surface area contributed by atoms with E-state index in [0.717, 1.165) is 16.7 Å². The van der Waals surface area contributed by atoms with Gasteiger partial charge in [0.2, 0.25) is 11.8 Å². The van der Waals surface area contributed by atoms with Crippen LogP contribution >= 0.6 is 0 Å². The van der Waals surface area contributed by atoms with Crippen molar-refractivity contribution in [2.24, 2.45) is 0 Å². The van der Waals surface area contributed by atoms with E-state index in [1.165, 1.54) is 12.2 Å². The van der Waals surface area contributed by atoms with Crippen LogP contribution in [0.15, 0.2) is 72.8 Å². The van der Waals surface area contributed by atoms with E-state index in [0.29, 0.717) is 61.7 Å². The lowest BCUT2D eigenvalue weighted by atomic mass is 10.1. The molecule has 2 heterocycles. The van der Waals surface area contributed by atoms with E-state index >= 15 is 0 Å². The zero-order chi connectivity index (χ0) is 25.5. The van der Waals surface area contributed by atoms with Crippen molar-refractivity contribution in [3.8, 4) is 23.0 Å². The molecular weight excluding hydrogens is 472 g/mol. The summed E-state index contributed by atoms with van der Waals surface area (Å²) in [7, 11) is 0. The summed E-state index contributed by atoms with van der Waals surface area (Å²) in [6.45, 7) is 2.41. The normalized spacial score (nSPS) is 13.9. The SMILES string of the molecule is O=C(/C=C/c1ccc2c(c1)OCCO2)NCc1cccc(NC(=O)/C=C/c2ccc3c(c2)OCCO3)c1. The fourth-order valence-corrected chi connectivity index (χ4v) is 3.86. The van der Waals surface area contributed by atoms with Crippen LogP contribution in [0.1, 0.15) is 16.7 Å². The lowest BCUT2D eigenvalue weighted by Gasteiger charge is -2.18. The summed E-state index contributed by atoms with van der Waals surface area (Å²) in [5.41, 5.74) is 3.17. The molecule has 8 heteroatoms. The molecule has 37 heavy (non-hydrogen) atoms. The molecule has 3 aromatic rings. The zero-order valence-electron chi connectivity index (χ0n) is 20.1. The number of carbonyl (C=O) groups is 2. The molecule has 0 saturated carbocycles. The van der Waals surface area contributed by atoms with Crippen LogP contribution in [-0.2, 0) is 16.1 Å². The number of benzene rings is 3. The summed E-state index contributed by atoms with van der Waals surface area (Å²) in [5.74, 6) is 2.26. The van der Waals surface area contributed by atoms with Gasteiger partial charge in [0.25, 0.3) is 0 Å². The van der Waals surface area contributed by atoms with Crippen LogP contribution in [0, 0.1) is 0 Å². The van der Waals surface area contributed by atoms with Gasteiger partial charge in [0.1, 0.15) is 26.4 Å². The molecule has 2 aliphatic heterocycles. The number of fused-ring (bicyclic) bond motifs is 2. The molecule has 0 spiro atoms. The molecule has 0 unspecified atom stereocenters. The third-order valence-corrected chi connectivity index (χ3v) is 5.65. The first-order valence-corrected chi connectivity index (χ1v) is 12.0. The number of rotatable bonds is 7. The Morgan fingerprint density at radius 3 is 1.86 bits per heavy atom. The van der Waals surface area contributed by atoms with Crippen LogP contribution in [0.5, 0.6) is 23.0 Å². The third-order valence-electron chi connectivity index (χ3n) is 5.65. The summed E-state index contributed by atoms with van der Waals surface area (Å²) in [4.78, 5) is 24.7. The van der Waals surface area contributed by atoms with Crippen molar-refractivity contribution in [3.63, 3.8) is 0 Å². The summed E-state index contributed by atoms with van der Waals surface area (Å²) in [6, 6.07) is 18.4. The number of carbonyl (C=O) groups excluding carboxylic acids is 2. The second-order valence-electron chi connectivity index (χ2n) is 8.38. The van der Waals surface area contributed by atoms with Gasteiger partial charge in [-0.25, -0.2) is 0 Å². The van der Waals surface area contributed by atoms with Crippen molar-refractivity contribution in [1.82, 2.24) is 5.32 Å². The first kappa shape index (κ1) is 24.0. The average Bonchev–Trinajstić information content (AvgIpc) is 2.94. The Hall–Kier alpha value is -4.72. The lowest BCUT2D eigenvalue weighted by molar-refractivity contribution is -0.116. The number of hydrogen-bond acceptors (Lipinski definition) is 6. The van der Waals surface area contributed by atoms with E-state index in [9.17, 15) is 9.59 Å². The van der Waals surface area contributed by atoms with Crippen molar-refractivity contribution >= 4 is 29.7 Å². The van der Waals surface area contributed by atoms with Crippen molar-refractivity contribution in [1.29, 1.82) is 0 Å². The van der Waals surface area contributed by atoms with Crippen molar-refractivity contribution in [2.45, 2.75) is 6.54 Å². The number of amides is 2. The minimum absolute atomic E-state index is 0.230. The van der Waals surface area contributed by atoms with Crippen LogP contribution in [0.4, 0.5) is 5.69 Å². The summed E-state index contributed by atoms with van der Waals surface area (Å²) < 4.78 is 22.2. The Balaban J connectivity index is 1.12. The Labute approximate surface area is 214 Å². The molecule has 0 bridgehead atoms. The molecule has 0 fully saturated rings. The smallest absolute Gasteiger partial charge is 0.248 e. The first-order chi connectivity index (χ1) is 18.1. The highest BCUT2D eigenvalue weighted by Gasteiger charge is 2.12. The van der Waals surface area contributed by atoms with E-state index in [-0.39, 0.29) is 11.8 Å². The maximum atomic E-state index is 12.4. The molecule has 5 rings (SSSR count). The molecule has 0 aliphatic carbocycles. The van der Waals surface area contributed by atoms with Gasteiger partial charge in [-0.2, -0.15) is 0 Å². The molecule has 2 amide bonds. The second-order valence-corrected chi connectivity index (χ2v) is 8.38. The molecule has 0 aromatic heterocycles. The number of hydrogen-bond donors (Lipinski definition) is 2. The molecule has 2 aliphatic rings. The molecule has 0 saturated heterocycles. The maximum Gasteiger partial charge on any atom is 0.248 e. The highest BCUT2D eigenvalue weighted by atomic mass is 16.6. The van der Waals surface area contributed by atoms with E-state index < -0.39 is 0 Å². The van der Waals surface area contributed by atoms with Crippen LogP contribution in [0.2, 0.25) is 0 Å². The van der Waals surface area contributed by atoms with Gasteiger partial charge in [0, 0.05) is 24.4 Å². The number of ether oxygens (including phenoxy) is 4. The minimum Gasteiger partial charge on any atom is -0.486 e. The Kier molecular flexibility index (Phi) is 7.36. The topological polar surface area (TPSA) is 95.1 Å². The van der Waals surface area contributed by atoms with Gasteiger partial charge in [0.05, 0.1) is 0 Å². The Morgan fingerprint density at radius 2 is 1.24 bits per heavy atom. The van der Waals surface area contributed by atoms with Gasteiger partial charge in [-0.3, -0.25) is 9.59 Å². The Bertz CT molecular complexity index is 1360. The van der Waals surface area contributed by atoms with Crippen molar-refractivity contribution < 1.29 is 28.5 Å². The van der Waals surface area contributed by atoms with Gasteiger partial charge in [-0.15, -0.1) is 0 Å². The Morgan fingerprint density at radius 1 is 0.676 bits per heavy atom. The van der Waals surface area contributed by atoms with E-state index in [4.69, 9.17) is 18.9 Å². The van der Waals surface area contributed by atoms with Crippen LogP contribution in [0.3, 0.4) is 0 Å². The molecule has 3 aromatic carbocycles. The van der Waals surface area contributed by atoms with Crippen LogP contribution < -0.4 is 29.6 Å². The van der Waals surface area contributed by atoms with Gasteiger partial charge in [-0.05, 0) is 65.2 Å². The fraction of sp³-hybridized carbons (Fsp3) is 0.172. The summed E-state index contributed by atoms with van der Waals surface area (Å²) >= 11 is 0. The van der Waals surface area contributed by atoms with E-state index in [1.807, 2.05) is 54.6 Å². The number of anilines is 1. The molecular formula is C29H26N2O6. The quantitative estimate of drug-likeness (QED) is 0.474. The predicted molar refractivity (Wildman–Crippen MR) is 140 cm³/mol. The first-order valence-electron chi connectivity index (χ1n) is 12.0. The predicted octanol–water partition coefficient (Wildman–Crippen LogP) is 4.21. The average molecular weight is 499 g/mol. The van der Waals surface area contributed by atoms with Gasteiger partial charge >= 0.3 is 0 Å². The van der Waals surface area contributed by atoms with E-state index in [1.54, 1.807) is 18.2 Å². The molecule has 8 nitrogen and oxygen atoms in total. The summed E-state index contributed by atoms with van der Waals surface area (Å²) in [5, 5.41) is 5.70. The molecule has 188 valence electrons. The number of nitrogens with one attached hydrogen (secondary N) is 2. The van der Waals surface area contributed by atoms with Crippen molar-refractivity contribution in [3.05, 3.63) is 89.5 Å². The third kappa shape index (κ3) is 6.49. The zero-order valence-corrected chi connectivity index (χ0v) is 20.1. The highest BCUT2D eigenvalue weighted by Crippen LogP contribution is 2.32. The fourth-order valence-electron chi connectivity index (χ4n) is 3.86. The van der Waals surface area contributed by atoms with Gasteiger partial charge < -0.3 is 29.6 Å².